The summed E-state index contributed by atoms with van der Waals surface area (Å²) < 4.78 is 36.0. The number of hydrogen-bond donors (Lipinski definition) is 2. The summed E-state index contributed by atoms with van der Waals surface area (Å²) in [6, 6.07) is 9.04. The molecule has 2 heterocycles. The van der Waals surface area contributed by atoms with E-state index in [-0.39, 0.29) is 35.4 Å². The van der Waals surface area contributed by atoms with E-state index in [9.17, 15) is 14.0 Å². The lowest BCUT2D eigenvalue weighted by molar-refractivity contribution is -0.127. The van der Waals surface area contributed by atoms with Crippen LogP contribution in [-0.2, 0) is 11.3 Å². The number of hydrogen-bond acceptors (Lipinski definition) is 9. The molecular formula is C22H19FN2O7S. The lowest BCUT2D eigenvalue weighted by Gasteiger charge is -2.13. The first kappa shape index (κ1) is 22.5. The lowest BCUT2D eigenvalue weighted by atomic mass is 10.2. The van der Waals surface area contributed by atoms with Crippen molar-refractivity contribution in [2.45, 2.75) is 19.6 Å². The minimum absolute atomic E-state index is 0.0859. The Balaban J connectivity index is 1.38. The van der Waals surface area contributed by atoms with Crippen LogP contribution in [0.4, 0.5) is 4.39 Å². The quantitative estimate of drug-likeness (QED) is 0.486. The summed E-state index contributed by atoms with van der Waals surface area (Å²) in [6.07, 6.45) is -0.908. The molecule has 3 aromatic rings. The topological polar surface area (TPSA) is 116 Å². The van der Waals surface area contributed by atoms with Crippen molar-refractivity contribution < 1.29 is 38.0 Å². The van der Waals surface area contributed by atoms with Crippen LogP contribution in [0.3, 0.4) is 0 Å². The van der Waals surface area contributed by atoms with Crippen LogP contribution in [0.2, 0.25) is 0 Å². The summed E-state index contributed by atoms with van der Waals surface area (Å²) in [7, 11) is 0. The number of rotatable bonds is 9. The maximum atomic E-state index is 14.4. The maximum absolute atomic E-state index is 14.4. The third kappa shape index (κ3) is 5.21. The van der Waals surface area contributed by atoms with Crippen molar-refractivity contribution in [3.63, 3.8) is 0 Å². The van der Waals surface area contributed by atoms with Gasteiger partial charge in [-0.15, -0.1) is 11.3 Å². The number of aromatic nitrogens is 1. The normalized spacial score (nSPS) is 12.8. The standard InChI is InChI=1S/C22H19FN2O7S/c1-12(17(27)9-26)31-14-3-2-13(16(23)6-14)8-24-21(28)20-22(25-10-33-20)32-15-4-5-18-19(7-15)30-11-29-18/h2-7,10,12,26H,8-9,11H2,1H3,(H,24,28). The van der Waals surface area contributed by atoms with E-state index < -0.39 is 30.2 Å². The fourth-order valence-corrected chi connectivity index (χ4v) is 3.54. The van der Waals surface area contributed by atoms with Crippen LogP contribution in [0.15, 0.2) is 41.9 Å². The summed E-state index contributed by atoms with van der Waals surface area (Å²) in [5, 5.41) is 11.5. The zero-order chi connectivity index (χ0) is 23.4. The predicted octanol–water partition coefficient (Wildman–Crippen LogP) is 3.06. The molecule has 0 spiro atoms. The van der Waals surface area contributed by atoms with Crippen molar-refractivity contribution in [1.82, 2.24) is 10.3 Å². The van der Waals surface area contributed by atoms with Crippen molar-refractivity contribution in [3.05, 3.63) is 58.2 Å². The molecule has 172 valence electrons. The molecule has 1 aliphatic rings. The fourth-order valence-electron chi connectivity index (χ4n) is 2.91. The van der Waals surface area contributed by atoms with Crippen LogP contribution < -0.4 is 24.3 Å². The van der Waals surface area contributed by atoms with Crippen molar-refractivity contribution in [2.75, 3.05) is 13.4 Å². The zero-order valence-electron chi connectivity index (χ0n) is 17.4. The second kappa shape index (κ2) is 9.84. The molecule has 2 N–H and O–H groups in total. The van der Waals surface area contributed by atoms with Gasteiger partial charge in [-0.2, -0.15) is 0 Å². The molecule has 2 aromatic carbocycles. The second-order valence-corrected chi connectivity index (χ2v) is 7.78. The van der Waals surface area contributed by atoms with Gasteiger partial charge in [0.2, 0.25) is 12.7 Å². The monoisotopic (exact) mass is 474 g/mol. The fraction of sp³-hybridized carbons (Fsp3) is 0.227. The maximum Gasteiger partial charge on any atom is 0.267 e. The number of halogens is 1. The van der Waals surface area contributed by atoms with Gasteiger partial charge >= 0.3 is 0 Å². The summed E-state index contributed by atoms with van der Waals surface area (Å²) in [5.41, 5.74) is 1.69. The summed E-state index contributed by atoms with van der Waals surface area (Å²) in [6.45, 7) is 0.846. The van der Waals surface area contributed by atoms with Crippen LogP contribution in [0.1, 0.15) is 22.2 Å². The molecule has 0 fully saturated rings. The molecule has 1 atom stereocenters. The summed E-state index contributed by atoms with van der Waals surface area (Å²) in [5.74, 6) is 0.206. The number of aliphatic hydroxyl groups is 1. The van der Waals surface area contributed by atoms with Crippen molar-refractivity contribution in [2.24, 2.45) is 0 Å². The Morgan fingerprint density at radius 3 is 2.79 bits per heavy atom. The van der Waals surface area contributed by atoms with Gasteiger partial charge in [-0.05, 0) is 25.1 Å². The van der Waals surface area contributed by atoms with Crippen LogP contribution >= 0.6 is 11.3 Å². The molecule has 4 rings (SSSR count). The molecule has 1 aliphatic heterocycles. The van der Waals surface area contributed by atoms with Gasteiger partial charge in [0.25, 0.3) is 5.91 Å². The molecule has 0 radical (unpaired) electrons. The third-order valence-corrected chi connectivity index (χ3v) is 5.49. The molecule has 1 unspecified atom stereocenters. The second-order valence-electron chi connectivity index (χ2n) is 6.92. The minimum atomic E-state index is -0.908. The highest BCUT2D eigenvalue weighted by molar-refractivity contribution is 7.12. The van der Waals surface area contributed by atoms with Gasteiger partial charge in [0.05, 0.1) is 5.51 Å². The number of Topliss-reactive ketones (excluding diaryl/α,β-unsaturated/α-hetero) is 1. The van der Waals surface area contributed by atoms with Gasteiger partial charge in [0, 0.05) is 24.2 Å². The lowest BCUT2D eigenvalue weighted by Crippen LogP contribution is -2.26. The smallest absolute Gasteiger partial charge is 0.267 e. The Morgan fingerprint density at radius 1 is 1.21 bits per heavy atom. The van der Waals surface area contributed by atoms with E-state index in [1.807, 2.05) is 0 Å². The first-order valence-corrected chi connectivity index (χ1v) is 10.7. The number of ketones is 1. The van der Waals surface area contributed by atoms with Crippen LogP contribution in [0.5, 0.6) is 28.9 Å². The number of aliphatic hydroxyl groups excluding tert-OH is 1. The number of thiazole rings is 1. The number of ether oxygens (including phenoxy) is 4. The van der Waals surface area contributed by atoms with Crippen molar-refractivity contribution in [1.29, 1.82) is 0 Å². The van der Waals surface area contributed by atoms with Gasteiger partial charge in [0.1, 0.15) is 23.9 Å². The van der Waals surface area contributed by atoms with Crippen molar-refractivity contribution >= 4 is 23.0 Å². The van der Waals surface area contributed by atoms with Crippen molar-refractivity contribution in [3.8, 4) is 28.9 Å². The Morgan fingerprint density at radius 2 is 2.00 bits per heavy atom. The number of benzene rings is 2. The van der Waals surface area contributed by atoms with Crippen LogP contribution in [-0.4, -0.2) is 41.3 Å². The molecule has 11 heteroatoms. The highest BCUT2D eigenvalue weighted by Crippen LogP contribution is 2.37. The van der Waals surface area contributed by atoms with Gasteiger partial charge in [-0.3, -0.25) is 9.59 Å². The summed E-state index contributed by atoms with van der Waals surface area (Å²) >= 11 is 1.09. The number of nitrogens with zero attached hydrogens (tertiary/aromatic N) is 1. The average Bonchev–Trinajstić information content (AvgIpc) is 3.47. The molecule has 1 aromatic heterocycles. The highest BCUT2D eigenvalue weighted by atomic mass is 32.1. The van der Waals surface area contributed by atoms with E-state index in [4.69, 9.17) is 24.1 Å². The summed E-state index contributed by atoms with van der Waals surface area (Å²) in [4.78, 5) is 28.4. The minimum Gasteiger partial charge on any atom is -0.483 e. The SMILES string of the molecule is CC(Oc1ccc(CNC(=O)c2scnc2Oc2ccc3c(c2)OCO3)c(F)c1)C(=O)CO. The van der Waals surface area contributed by atoms with Gasteiger partial charge in [-0.25, -0.2) is 9.37 Å². The van der Waals surface area contributed by atoms with Gasteiger partial charge in [-0.1, -0.05) is 6.07 Å². The van der Waals surface area contributed by atoms with E-state index in [0.29, 0.717) is 17.2 Å². The molecule has 0 bridgehead atoms. The number of nitrogens with one attached hydrogen (secondary N) is 1. The Kier molecular flexibility index (Phi) is 6.71. The Hall–Kier alpha value is -3.70. The number of carbonyl (C=O) groups excluding carboxylic acids is 2. The third-order valence-electron chi connectivity index (χ3n) is 4.69. The average molecular weight is 474 g/mol. The van der Waals surface area contributed by atoms with E-state index in [1.165, 1.54) is 24.6 Å². The first-order chi connectivity index (χ1) is 15.9. The van der Waals surface area contributed by atoms with Crippen LogP contribution in [0.25, 0.3) is 0 Å². The van der Waals surface area contributed by atoms with Gasteiger partial charge < -0.3 is 29.4 Å². The molecule has 0 aliphatic carbocycles. The number of amides is 1. The molecule has 1 amide bonds. The predicted molar refractivity (Wildman–Crippen MR) is 115 cm³/mol. The van der Waals surface area contributed by atoms with Gasteiger partial charge in [0.15, 0.2) is 28.3 Å². The Bertz CT molecular complexity index is 1180. The van der Waals surface area contributed by atoms with E-state index >= 15 is 0 Å². The Labute approximate surface area is 191 Å². The molecule has 0 saturated heterocycles. The number of carbonyl (C=O) groups is 2. The first-order valence-electron chi connectivity index (χ1n) is 9.82. The largest absolute Gasteiger partial charge is 0.483 e. The molecule has 9 nitrogen and oxygen atoms in total. The highest BCUT2D eigenvalue weighted by Gasteiger charge is 2.20. The van der Waals surface area contributed by atoms with E-state index in [0.717, 1.165) is 17.4 Å². The van der Waals surface area contributed by atoms with E-state index in [2.05, 4.69) is 10.3 Å². The molecular weight excluding hydrogens is 455 g/mol. The molecule has 0 saturated carbocycles. The zero-order valence-corrected chi connectivity index (χ0v) is 18.2. The number of fused-ring (bicyclic) bond motifs is 1. The van der Waals surface area contributed by atoms with E-state index in [1.54, 1.807) is 18.2 Å². The van der Waals surface area contributed by atoms with Crippen LogP contribution in [0, 0.1) is 5.82 Å². The molecule has 33 heavy (non-hydrogen) atoms.